The number of Topliss-reactive ketones (excluding diaryl/α,β-unsaturated/α-hetero) is 1. The lowest BCUT2D eigenvalue weighted by molar-refractivity contribution is -0.185. The number of aliphatic hydroxyl groups excluding tert-OH is 1. The molecule has 0 heterocycles. The molecular formula is C23H36O4. The first kappa shape index (κ1) is 19.4. The molecule has 0 radical (unpaired) electrons. The number of ether oxygens (including phenoxy) is 1. The van der Waals surface area contributed by atoms with E-state index in [9.17, 15) is 14.7 Å². The van der Waals surface area contributed by atoms with Crippen LogP contribution in [-0.2, 0) is 14.3 Å². The number of rotatable bonds is 2. The Hall–Kier alpha value is -0.900. The van der Waals surface area contributed by atoms with Crippen LogP contribution in [0, 0.1) is 39.9 Å². The number of hydrogen-bond donors (Lipinski definition) is 1. The van der Waals surface area contributed by atoms with Crippen molar-refractivity contribution in [3.05, 3.63) is 0 Å². The van der Waals surface area contributed by atoms with Gasteiger partial charge in [0, 0.05) is 36.2 Å². The van der Waals surface area contributed by atoms with E-state index in [0.29, 0.717) is 35.9 Å². The largest absolute Gasteiger partial charge is 0.462 e. The lowest BCUT2D eigenvalue weighted by atomic mass is 9.41. The smallest absolute Gasteiger partial charge is 0.302 e. The molecule has 4 aliphatic rings. The van der Waals surface area contributed by atoms with Crippen molar-refractivity contribution in [1.29, 1.82) is 0 Å². The number of ketones is 1. The summed E-state index contributed by atoms with van der Waals surface area (Å²) in [5, 5.41) is 10.6. The van der Waals surface area contributed by atoms with E-state index >= 15 is 0 Å². The Morgan fingerprint density at radius 1 is 1.07 bits per heavy atom. The molecule has 0 saturated heterocycles. The SMILES string of the molecule is CC(=O)OC1CC[C@H]2[C@@H]3CCC4C(C)(C)C(=O)CC[C@]4(CO)[C@H]3CC[C@]12C. The summed E-state index contributed by atoms with van der Waals surface area (Å²) in [6.07, 6.45) is 7.99. The third-order valence-electron chi connectivity index (χ3n) is 9.58. The fraction of sp³-hybridized carbons (Fsp3) is 0.913. The summed E-state index contributed by atoms with van der Waals surface area (Å²) in [5.74, 6) is 2.19. The van der Waals surface area contributed by atoms with Crippen molar-refractivity contribution in [2.75, 3.05) is 6.61 Å². The molecule has 7 atom stereocenters. The van der Waals surface area contributed by atoms with Crippen molar-refractivity contribution in [3.63, 3.8) is 0 Å². The molecule has 4 heteroatoms. The summed E-state index contributed by atoms with van der Waals surface area (Å²) in [6.45, 7) is 8.30. The molecule has 4 nitrogen and oxygen atoms in total. The quantitative estimate of drug-likeness (QED) is 0.736. The third kappa shape index (κ3) is 2.58. The predicted molar refractivity (Wildman–Crippen MR) is 103 cm³/mol. The number of hydrogen-bond acceptors (Lipinski definition) is 4. The van der Waals surface area contributed by atoms with Crippen LogP contribution >= 0.6 is 0 Å². The van der Waals surface area contributed by atoms with Crippen molar-refractivity contribution in [3.8, 4) is 0 Å². The van der Waals surface area contributed by atoms with Gasteiger partial charge in [0.25, 0.3) is 0 Å². The molecule has 0 amide bonds. The summed E-state index contributed by atoms with van der Waals surface area (Å²) in [5.41, 5.74) is -0.333. The van der Waals surface area contributed by atoms with Gasteiger partial charge in [0.2, 0.25) is 0 Å². The van der Waals surface area contributed by atoms with E-state index in [0.717, 1.165) is 44.9 Å². The number of carbonyl (C=O) groups excluding carboxylic acids is 2. The molecule has 0 spiro atoms. The van der Waals surface area contributed by atoms with E-state index in [4.69, 9.17) is 4.74 Å². The summed E-state index contributed by atoms with van der Waals surface area (Å²) < 4.78 is 5.74. The molecule has 4 fully saturated rings. The molecule has 0 bridgehead atoms. The van der Waals surface area contributed by atoms with Crippen LogP contribution in [0.4, 0.5) is 0 Å². The summed E-state index contributed by atoms with van der Waals surface area (Å²) >= 11 is 0. The van der Waals surface area contributed by atoms with Gasteiger partial charge in [0.1, 0.15) is 11.9 Å². The van der Waals surface area contributed by atoms with Gasteiger partial charge in [-0.25, -0.2) is 0 Å². The lowest BCUT2D eigenvalue weighted by Gasteiger charge is -2.63. The highest BCUT2D eigenvalue weighted by molar-refractivity contribution is 5.85. The minimum Gasteiger partial charge on any atom is -0.462 e. The molecule has 4 rings (SSSR count). The lowest BCUT2D eigenvalue weighted by Crippen LogP contribution is -2.61. The maximum absolute atomic E-state index is 12.6. The van der Waals surface area contributed by atoms with E-state index in [-0.39, 0.29) is 34.9 Å². The molecular weight excluding hydrogens is 340 g/mol. The molecule has 27 heavy (non-hydrogen) atoms. The van der Waals surface area contributed by atoms with E-state index in [1.54, 1.807) is 0 Å². The van der Waals surface area contributed by atoms with E-state index in [1.165, 1.54) is 6.92 Å². The first-order valence-corrected chi connectivity index (χ1v) is 11.0. The Bertz CT molecular complexity index is 640. The van der Waals surface area contributed by atoms with Crippen molar-refractivity contribution in [1.82, 2.24) is 0 Å². The Balaban J connectivity index is 1.65. The fourth-order valence-electron chi connectivity index (χ4n) is 8.26. The number of carbonyl (C=O) groups is 2. The number of fused-ring (bicyclic) bond motifs is 5. The Labute approximate surface area is 163 Å². The van der Waals surface area contributed by atoms with Gasteiger partial charge in [0.15, 0.2) is 0 Å². The van der Waals surface area contributed by atoms with Crippen LogP contribution in [0.5, 0.6) is 0 Å². The van der Waals surface area contributed by atoms with E-state index in [2.05, 4.69) is 20.8 Å². The first-order valence-electron chi connectivity index (χ1n) is 11.0. The monoisotopic (exact) mass is 376 g/mol. The third-order valence-corrected chi connectivity index (χ3v) is 9.58. The zero-order valence-electron chi connectivity index (χ0n) is 17.4. The molecule has 152 valence electrons. The van der Waals surface area contributed by atoms with Gasteiger partial charge in [-0.05, 0) is 68.6 Å². The number of aliphatic hydroxyl groups is 1. The summed E-state index contributed by atoms with van der Waals surface area (Å²) in [7, 11) is 0. The topological polar surface area (TPSA) is 63.6 Å². The van der Waals surface area contributed by atoms with Crippen LogP contribution in [0.15, 0.2) is 0 Å². The second-order valence-electron chi connectivity index (χ2n) is 10.8. The highest BCUT2D eigenvalue weighted by atomic mass is 16.5. The van der Waals surface area contributed by atoms with Crippen molar-refractivity contribution < 1.29 is 19.4 Å². The molecule has 1 N–H and O–H groups in total. The van der Waals surface area contributed by atoms with Crippen molar-refractivity contribution >= 4 is 11.8 Å². The number of esters is 1. The van der Waals surface area contributed by atoms with Crippen LogP contribution < -0.4 is 0 Å². The predicted octanol–water partition coefficient (Wildman–Crippen LogP) is 4.14. The minimum atomic E-state index is -0.317. The molecule has 0 aliphatic heterocycles. The van der Waals surface area contributed by atoms with Crippen LogP contribution in [0.2, 0.25) is 0 Å². The maximum atomic E-state index is 12.6. The maximum Gasteiger partial charge on any atom is 0.302 e. The van der Waals surface area contributed by atoms with Gasteiger partial charge in [0.05, 0.1) is 0 Å². The first-order chi connectivity index (χ1) is 12.7. The van der Waals surface area contributed by atoms with Gasteiger partial charge in [-0.3, -0.25) is 9.59 Å². The highest BCUT2D eigenvalue weighted by Gasteiger charge is 2.65. The fourth-order valence-corrected chi connectivity index (χ4v) is 8.26. The molecule has 4 saturated carbocycles. The summed E-state index contributed by atoms with van der Waals surface area (Å²) in [4.78, 5) is 24.2. The molecule has 0 aromatic rings. The van der Waals surface area contributed by atoms with Crippen LogP contribution in [-0.4, -0.2) is 29.6 Å². The van der Waals surface area contributed by atoms with Gasteiger partial charge in [-0.1, -0.05) is 20.8 Å². The molecule has 0 aromatic carbocycles. The second kappa shape index (κ2) is 6.30. The van der Waals surface area contributed by atoms with Crippen molar-refractivity contribution in [2.24, 2.45) is 39.9 Å². The zero-order chi connectivity index (χ0) is 19.6. The van der Waals surface area contributed by atoms with Crippen LogP contribution in [0.3, 0.4) is 0 Å². The zero-order valence-corrected chi connectivity index (χ0v) is 17.4. The van der Waals surface area contributed by atoms with Gasteiger partial charge in [-0.15, -0.1) is 0 Å². The van der Waals surface area contributed by atoms with Gasteiger partial charge >= 0.3 is 5.97 Å². The molecule has 4 aliphatic carbocycles. The Morgan fingerprint density at radius 3 is 2.48 bits per heavy atom. The van der Waals surface area contributed by atoms with Crippen LogP contribution in [0.1, 0.15) is 79.1 Å². The van der Waals surface area contributed by atoms with Gasteiger partial charge in [-0.2, -0.15) is 0 Å². The Kier molecular flexibility index (Phi) is 4.53. The minimum absolute atomic E-state index is 0.0492. The standard InChI is InChI=1S/C23H36O4/c1-14(25)27-20-8-6-16-15-5-7-18-21(2,3)19(26)10-12-23(18,13-24)17(15)9-11-22(16,20)4/h15-18,20,24H,5-13H2,1-4H3/t15-,16-,17-,18?,20?,22-,23-/m0/s1. The molecule has 0 aromatic heterocycles. The highest BCUT2D eigenvalue weighted by Crippen LogP contribution is 2.68. The average molecular weight is 377 g/mol. The second-order valence-corrected chi connectivity index (χ2v) is 10.8. The average Bonchev–Trinajstić information content (AvgIpc) is 2.94. The van der Waals surface area contributed by atoms with Crippen molar-refractivity contribution in [2.45, 2.75) is 85.2 Å². The van der Waals surface area contributed by atoms with E-state index < -0.39 is 0 Å². The van der Waals surface area contributed by atoms with E-state index in [1.807, 2.05) is 0 Å². The Morgan fingerprint density at radius 2 is 1.81 bits per heavy atom. The normalized spacial score (nSPS) is 48.3. The molecule has 2 unspecified atom stereocenters. The summed E-state index contributed by atoms with van der Waals surface area (Å²) in [6, 6.07) is 0. The van der Waals surface area contributed by atoms with Crippen LogP contribution in [0.25, 0.3) is 0 Å². The van der Waals surface area contributed by atoms with Gasteiger partial charge < -0.3 is 9.84 Å².